The van der Waals surface area contributed by atoms with E-state index in [1.165, 1.54) is 31.4 Å². The maximum absolute atomic E-state index is 4.31. The molecule has 0 aromatic carbocycles. The van der Waals surface area contributed by atoms with E-state index in [1.54, 1.807) is 0 Å². The van der Waals surface area contributed by atoms with Crippen LogP contribution in [0.15, 0.2) is 12.5 Å². The number of imidazole rings is 1. The van der Waals surface area contributed by atoms with Gasteiger partial charge in [-0.2, -0.15) is 0 Å². The molecule has 19 heavy (non-hydrogen) atoms. The molecular formula is C16H31N3. The second-order valence-corrected chi connectivity index (χ2v) is 5.98. The van der Waals surface area contributed by atoms with Crippen molar-refractivity contribution in [3.05, 3.63) is 18.2 Å². The lowest BCUT2D eigenvalue weighted by atomic mass is 9.99. The zero-order valence-electron chi connectivity index (χ0n) is 13.2. The molecule has 0 radical (unpaired) electrons. The van der Waals surface area contributed by atoms with Gasteiger partial charge in [0.2, 0.25) is 0 Å². The minimum absolute atomic E-state index is 0.698. The highest BCUT2D eigenvalue weighted by Crippen LogP contribution is 2.16. The summed E-state index contributed by atoms with van der Waals surface area (Å²) in [5.41, 5.74) is 1.32. The molecule has 110 valence electrons. The summed E-state index contributed by atoms with van der Waals surface area (Å²) in [6, 6.07) is 0. The van der Waals surface area contributed by atoms with E-state index in [0.717, 1.165) is 25.6 Å². The van der Waals surface area contributed by atoms with E-state index in [2.05, 4.69) is 42.6 Å². The van der Waals surface area contributed by atoms with Gasteiger partial charge < -0.3 is 9.88 Å². The summed E-state index contributed by atoms with van der Waals surface area (Å²) < 4.78 is 2.33. The van der Waals surface area contributed by atoms with Gasteiger partial charge in [-0.1, -0.05) is 47.0 Å². The van der Waals surface area contributed by atoms with Gasteiger partial charge in [0.15, 0.2) is 0 Å². The van der Waals surface area contributed by atoms with Gasteiger partial charge >= 0.3 is 0 Å². The quantitative estimate of drug-likeness (QED) is 0.696. The minimum Gasteiger partial charge on any atom is -0.333 e. The topological polar surface area (TPSA) is 29.9 Å². The first-order chi connectivity index (χ1) is 9.17. The molecule has 0 saturated heterocycles. The molecule has 1 rings (SSSR count). The van der Waals surface area contributed by atoms with Crippen molar-refractivity contribution in [3.63, 3.8) is 0 Å². The SMILES string of the molecule is CCCCC(CC)Cn1cncc1CNCC(C)C. The number of nitrogens with zero attached hydrogens (tertiary/aromatic N) is 2. The predicted molar refractivity (Wildman–Crippen MR) is 82.1 cm³/mol. The summed E-state index contributed by atoms with van der Waals surface area (Å²) >= 11 is 0. The van der Waals surface area contributed by atoms with Crippen molar-refractivity contribution in [3.8, 4) is 0 Å². The number of nitrogens with one attached hydrogen (secondary N) is 1. The Bertz CT molecular complexity index is 330. The Hall–Kier alpha value is -0.830. The largest absolute Gasteiger partial charge is 0.333 e. The van der Waals surface area contributed by atoms with Crippen LogP contribution in [0.1, 0.15) is 59.1 Å². The molecule has 1 aromatic rings. The van der Waals surface area contributed by atoms with Crippen LogP contribution in [0.3, 0.4) is 0 Å². The second kappa shape index (κ2) is 9.13. The predicted octanol–water partition coefficient (Wildman–Crippen LogP) is 3.85. The Morgan fingerprint density at radius 1 is 1.32 bits per heavy atom. The van der Waals surface area contributed by atoms with Gasteiger partial charge in [-0.3, -0.25) is 0 Å². The van der Waals surface area contributed by atoms with Gasteiger partial charge in [0.1, 0.15) is 0 Å². The Kier molecular flexibility index (Phi) is 7.80. The Morgan fingerprint density at radius 3 is 2.74 bits per heavy atom. The smallest absolute Gasteiger partial charge is 0.0948 e. The van der Waals surface area contributed by atoms with Gasteiger partial charge in [0.05, 0.1) is 12.0 Å². The Balaban J connectivity index is 2.46. The lowest BCUT2D eigenvalue weighted by Crippen LogP contribution is -2.21. The lowest BCUT2D eigenvalue weighted by Gasteiger charge is -2.17. The van der Waals surface area contributed by atoms with Gasteiger partial charge in [-0.15, -0.1) is 0 Å². The van der Waals surface area contributed by atoms with Crippen molar-refractivity contribution in [2.45, 2.75) is 66.5 Å². The fraction of sp³-hybridized carbons (Fsp3) is 0.812. The first kappa shape index (κ1) is 16.2. The first-order valence-corrected chi connectivity index (χ1v) is 7.87. The van der Waals surface area contributed by atoms with Crippen molar-refractivity contribution in [1.29, 1.82) is 0 Å². The monoisotopic (exact) mass is 265 g/mol. The van der Waals surface area contributed by atoms with Crippen LogP contribution in [-0.2, 0) is 13.1 Å². The molecule has 1 unspecified atom stereocenters. The summed E-state index contributed by atoms with van der Waals surface area (Å²) in [4.78, 5) is 4.31. The zero-order chi connectivity index (χ0) is 14.1. The number of hydrogen-bond donors (Lipinski definition) is 1. The summed E-state index contributed by atoms with van der Waals surface area (Å²) in [6.45, 7) is 12.2. The van der Waals surface area contributed by atoms with E-state index in [0.29, 0.717) is 5.92 Å². The van der Waals surface area contributed by atoms with Crippen LogP contribution in [0.25, 0.3) is 0 Å². The third kappa shape index (κ3) is 6.24. The molecule has 1 heterocycles. The maximum Gasteiger partial charge on any atom is 0.0948 e. The Labute approximate surface area is 118 Å². The van der Waals surface area contributed by atoms with Crippen molar-refractivity contribution in [2.75, 3.05) is 6.54 Å². The fourth-order valence-corrected chi connectivity index (χ4v) is 2.34. The van der Waals surface area contributed by atoms with Crippen molar-refractivity contribution in [1.82, 2.24) is 14.9 Å². The molecule has 1 atom stereocenters. The molecule has 3 nitrogen and oxygen atoms in total. The number of hydrogen-bond acceptors (Lipinski definition) is 2. The number of unbranched alkanes of at least 4 members (excludes halogenated alkanes) is 1. The molecule has 0 saturated carbocycles. The van der Waals surface area contributed by atoms with E-state index >= 15 is 0 Å². The van der Waals surface area contributed by atoms with E-state index in [4.69, 9.17) is 0 Å². The zero-order valence-corrected chi connectivity index (χ0v) is 13.2. The number of rotatable bonds is 10. The summed E-state index contributed by atoms with van der Waals surface area (Å²) in [5, 5.41) is 3.50. The van der Waals surface area contributed by atoms with Crippen LogP contribution in [-0.4, -0.2) is 16.1 Å². The molecule has 0 aliphatic rings. The van der Waals surface area contributed by atoms with Gasteiger partial charge in [0.25, 0.3) is 0 Å². The standard InChI is InChI=1S/C16H31N3/c1-5-7-8-15(6-2)12-19-13-18-11-16(19)10-17-9-14(3)4/h11,13-15,17H,5-10,12H2,1-4H3. The third-order valence-corrected chi connectivity index (χ3v) is 3.66. The van der Waals surface area contributed by atoms with Crippen LogP contribution < -0.4 is 5.32 Å². The average molecular weight is 265 g/mol. The first-order valence-electron chi connectivity index (χ1n) is 7.87. The molecule has 0 fully saturated rings. The van der Waals surface area contributed by atoms with E-state index in [9.17, 15) is 0 Å². The summed E-state index contributed by atoms with van der Waals surface area (Å²) in [7, 11) is 0. The van der Waals surface area contributed by atoms with Crippen LogP contribution >= 0.6 is 0 Å². The van der Waals surface area contributed by atoms with Crippen molar-refractivity contribution in [2.24, 2.45) is 11.8 Å². The third-order valence-electron chi connectivity index (χ3n) is 3.66. The van der Waals surface area contributed by atoms with Crippen molar-refractivity contribution < 1.29 is 0 Å². The van der Waals surface area contributed by atoms with E-state index in [-0.39, 0.29) is 0 Å². The Morgan fingerprint density at radius 2 is 2.11 bits per heavy atom. The van der Waals surface area contributed by atoms with E-state index < -0.39 is 0 Å². The number of aromatic nitrogens is 2. The molecule has 0 bridgehead atoms. The summed E-state index contributed by atoms with van der Waals surface area (Å²) in [5.74, 6) is 1.49. The molecule has 3 heteroatoms. The maximum atomic E-state index is 4.31. The molecular weight excluding hydrogens is 234 g/mol. The normalized spacial score (nSPS) is 13.1. The minimum atomic E-state index is 0.698. The highest BCUT2D eigenvalue weighted by Gasteiger charge is 2.09. The molecule has 0 spiro atoms. The average Bonchev–Trinajstić information content (AvgIpc) is 2.81. The second-order valence-electron chi connectivity index (χ2n) is 5.98. The summed E-state index contributed by atoms with van der Waals surface area (Å²) in [6.07, 6.45) is 9.22. The molecule has 0 aliphatic carbocycles. The van der Waals surface area contributed by atoms with E-state index in [1.807, 2.05) is 12.5 Å². The van der Waals surface area contributed by atoms with Crippen LogP contribution in [0.2, 0.25) is 0 Å². The molecule has 0 aliphatic heterocycles. The molecule has 1 aromatic heterocycles. The van der Waals surface area contributed by atoms with Gasteiger partial charge in [-0.25, -0.2) is 4.98 Å². The molecule has 1 N–H and O–H groups in total. The van der Waals surface area contributed by atoms with Gasteiger partial charge in [0, 0.05) is 19.3 Å². The highest BCUT2D eigenvalue weighted by atomic mass is 15.1. The van der Waals surface area contributed by atoms with Crippen LogP contribution in [0, 0.1) is 11.8 Å². The fourth-order valence-electron chi connectivity index (χ4n) is 2.34. The van der Waals surface area contributed by atoms with Gasteiger partial charge in [-0.05, 0) is 24.8 Å². The van der Waals surface area contributed by atoms with Crippen molar-refractivity contribution >= 4 is 0 Å². The molecule has 0 amide bonds. The van der Waals surface area contributed by atoms with Crippen LogP contribution in [0.5, 0.6) is 0 Å². The highest BCUT2D eigenvalue weighted by molar-refractivity contribution is 4.98. The van der Waals surface area contributed by atoms with Crippen LogP contribution in [0.4, 0.5) is 0 Å². The lowest BCUT2D eigenvalue weighted by molar-refractivity contribution is 0.383.